The van der Waals surface area contributed by atoms with Gasteiger partial charge in [0, 0.05) is 24.8 Å². The number of carboxylic acid groups (broad SMARTS) is 1. The van der Waals surface area contributed by atoms with Crippen LogP contribution >= 0.6 is 11.6 Å². The second-order valence-corrected chi connectivity index (χ2v) is 6.41. The third kappa shape index (κ3) is 3.10. The normalized spacial score (nSPS) is 17.2. The van der Waals surface area contributed by atoms with Crippen molar-refractivity contribution < 1.29 is 9.90 Å². The maximum absolute atomic E-state index is 10.8. The van der Waals surface area contributed by atoms with Crippen LogP contribution in [0, 0.1) is 0 Å². The first-order valence-corrected chi connectivity index (χ1v) is 8.33. The van der Waals surface area contributed by atoms with Crippen molar-refractivity contribution in [1.29, 1.82) is 0 Å². The van der Waals surface area contributed by atoms with Crippen molar-refractivity contribution in [2.75, 3.05) is 18.0 Å². The maximum atomic E-state index is 10.8. The van der Waals surface area contributed by atoms with Crippen LogP contribution in [0.4, 0.5) is 10.6 Å². The van der Waals surface area contributed by atoms with E-state index in [1.807, 2.05) is 35.2 Å². The first-order chi connectivity index (χ1) is 12.1. The monoisotopic (exact) mass is 357 g/mol. The van der Waals surface area contributed by atoms with E-state index in [0.29, 0.717) is 17.4 Å². The van der Waals surface area contributed by atoms with E-state index in [-0.39, 0.29) is 6.04 Å². The predicted octanol–water partition coefficient (Wildman–Crippen LogP) is 3.12. The number of hydrogen-bond acceptors (Lipinski definition) is 4. The highest BCUT2D eigenvalue weighted by Crippen LogP contribution is 2.31. The third-order valence-corrected chi connectivity index (χ3v) is 4.63. The zero-order valence-corrected chi connectivity index (χ0v) is 14.0. The minimum atomic E-state index is -1.00. The average molecular weight is 358 g/mol. The molecule has 3 aromatic rings. The van der Waals surface area contributed by atoms with E-state index in [0.717, 1.165) is 35.4 Å². The number of nitrogens with zero attached hydrogens (tertiary/aromatic N) is 3. The fraction of sp³-hybridized carbons (Fsp3) is 0.235. The lowest BCUT2D eigenvalue weighted by Crippen LogP contribution is -2.36. The van der Waals surface area contributed by atoms with E-state index >= 15 is 0 Å². The summed E-state index contributed by atoms with van der Waals surface area (Å²) < 4.78 is 0. The number of imidazole rings is 1. The van der Waals surface area contributed by atoms with Gasteiger partial charge < -0.3 is 20.3 Å². The highest BCUT2D eigenvalue weighted by atomic mass is 35.5. The summed E-state index contributed by atoms with van der Waals surface area (Å²) in [4.78, 5) is 25.1. The van der Waals surface area contributed by atoms with Crippen LogP contribution in [0.15, 0.2) is 36.5 Å². The van der Waals surface area contributed by atoms with E-state index in [1.54, 1.807) is 6.20 Å². The molecule has 3 N–H and O–H groups in total. The molecule has 1 aromatic carbocycles. The first kappa shape index (κ1) is 15.7. The van der Waals surface area contributed by atoms with Crippen LogP contribution in [0.5, 0.6) is 0 Å². The highest BCUT2D eigenvalue weighted by molar-refractivity contribution is 6.33. The Balaban J connectivity index is 1.64. The van der Waals surface area contributed by atoms with Gasteiger partial charge in [0.25, 0.3) is 0 Å². The number of halogens is 1. The van der Waals surface area contributed by atoms with Gasteiger partial charge in [0.15, 0.2) is 0 Å². The Kier molecular flexibility index (Phi) is 3.93. The van der Waals surface area contributed by atoms with Crippen molar-refractivity contribution >= 4 is 34.5 Å². The lowest BCUT2D eigenvalue weighted by Gasteiger charge is -2.18. The molecule has 25 heavy (non-hydrogen) atoms. The lowest BCUT2D eigenvalue weighted by atomic mass is 10.2. The number of amides is 1. The Labute approximate surface area is 148 Å². The van der Waals surface area contributed by atoms with Gasteiger partial charge in [-0.1, -0.05) is 23.7 Å². The van der Waals surface area contributed by atoms with Crippen molar-refractivity contribution in [2.24, 2.45) is 0 Å². The molecule has 3 heterocycles. The van der Waals surface area contributed by atoms with E-state index in [1.165, 1.54) is 0 Å². The zero-order valence-electron chi connectivity index (χ0n) is 13.2. The van der Waals surface area contributed by atoms with Crippen LogP contribution in [-0.4, -0.2) is 45.3 Å². The van der Waals surface area contributed by atoms with E-state index < -0.39 is 6.09 Å². The largest absolute Gasteiger partial charge is 0.465 e. The van der Waals surface area contributed by atoms with Gasteiger partial charge in [-0.15, -0.1) is 0 Å². The molecule has 1 aliphatic rings. The van der Waals surface area contributed by atoms with E-state index in [2.05, 4.69) is 20.3 Å². The molecule has 1 fully saturated rings. The summed E-state index contributed by atoms with van der Waals surface area (Å²) in [6, 6.07) is 9.59. The molecular weight excluding hydrogens is 342 g/mol. The molecule has 0 radical (unpaired) electrons. The van der Waals surface area contributed by atoms with Crippen LogP contribution in [0.3, 0.4) is 0 Å². The summed E-state index contributed by atoms with van der Waals surface area (Å²) >= 11 is 6.33. The molecule has 2 aromatic heterocycles. The number of H-pyrrole nitrogens is 1. The average Bonchev–Trinajstić information content (AvgIpc) is 3.21. The SMILES string of the molecule is O=C(O)NC1CCN(c2cc(-c3nc4ccccc4[nH]3)c(Cl)cn2)C1. The van der Waals surface area contributed by atoms with Gasteiger partial charge in [-0.25, -0.2) is 14.8 Å². The van der Waals surface area contributed by atoms with Crippen LogP contribution in [0.25, 0.3) is 22.4 Å². The quantitative estimate of drug-likeness (QED) is 0.669. The molecular formula is C17H16ClN5O2. The van der Waals surface area contributed by atoms with Crippen LogP contribution < -0.4 is 10.2 Å². The number of pyridine rings is 1. The van der Waals surface area contributed by atoms with Gasteiger partial charge in [-0.05, 0) is 24.6 Å². The van der Waals surface area contributed by atoms with Crippen molar-refractivity contribution in [2.45, 2.75) is 12.5 Å². The number of aromatic nitrogens is 3. The molecule has 1 saturated heterocycles. The molecule has 1 aliphatic heterocycles. The Hall–Kier alpha value is -2.80. The summed E-state index contributed by atoms with van der Waals surface area (Å²) in [6.45, 7) is 1.32. The standard InChI is InChI=1S/C17H16ClN5O2/c18-12-8-19-15(23-6-5-10(9-23)20-17(24)25)7-11(12)16-21-13-3-1-2-4-14(13)22-16/h1-4,7-8,10,20H,5-6,9H2,(H,21,22)(H,24,25). The number of anilines is 1. The van der Waals surface area contributed by atoms with Crippen molar-refractivity contribution in [3.05, 3.63) is 41.6 Å². The molecule has 8 heteroatoms. The van der Waals surface area contributed by atoms with Gasteiger partial charge >= 0.3 is 6.09 Å². The molecule has 4 rings (SSSR count). The minimum Gasteiger partial charge on any atom is -0.465 e. The fourth-order valence-corrected chi connectivity index (χ4v) is 3.32. The van der Waals surface area contributed by atoms with Crippen molar-refractivity contribution in [1.82, 2.24) is 20.3 Å². The number of benzene rings is 1. The number of nitrogens with one attached hydrogen (secondary N) is 2. The number of para-hydroxylation sites is 2. The third-order valence-electron chi connectivity index (χ3n) is 4.33. The van der Waals surface area contributed by atoms with Gasteiger partial charge in [0.05, 0.1) is 22.1 Å². The van der Waals surface area contributed by atoms with Crippen LogP contribution in [-0.2, 0) is 0 Å². The first-order valence-electron chi connectivity index (χ1n) is 7.95. The molecule has 1 unspecified atom stereocenters. The number of rotatable bonds is 3. The van der Waals surface area contributed by atoms with Crippen molar-refractivity contribution in [3.8, 4) is 11.4 Å². The Morgan fingerprint density at radius 3 is 3.04 bits per heavy atom. The summed E-state index contributed by atoms with van der Waals surface area (Å²) in [5, 5.41) is 11.9. The Morgan fingerprint density at radius 2 is 2.24 bits per heavy atom. The van der Waals surface area contributed by atoms with E-state index in [9.17, 15) is 4.79 Å². The zero-order chi connectivity index (χ0) is 17.4. The van der Waals surface area contributed by atoms with Crippen LogP contribution in [0.1, 0.15) is 6.42 Å². The number of fused-ring (bicyclic) bond motifs is 1. The second kappa shape index (κ2) is 6.25. The Morgan fingerprint density at radius 1 is 1.40 bits per heavy atom. The molecule has 7 nitrogen and oxygen atoms in total. The highest BCUT2D eigenvalue weighted by Gasteiger charge is 2.25. The molecule has 0 bridgehead atoms. The predicted molar refractivity (Wildman–Crippen MR) is 96.1 cm³/mol. The molecule has 1 amide bonds. The van der Waals surface area contributed by atoms with Crippen molar-refractivity contribution in [3.63, 3.8) is 0 Å². The second-order valence-electron chi connectivity index (χ2n) is 6.01. The smallest absolute Gasteiger partial charge is 0.404 e. The molecule has 0 aliphatic carbocycles. The molecule has 0 spiro atoms. The lowest BCUT2D eigenvalue weighted by molar-refractivity contribution is 0.191. The maximum Gasteiger partial charge on any atom is 0.404 e. The summed E-state index contributed by atoms with van der Waals surface area (Å²) in [6.07, 6.45) is 1.35. The molecule has 1 atom stereocenters. The van der Waals surface area contributed by atoms with Crippen LogP contribution in [0.2, 0.25) is 5.02 Å². The van der Waals surface area contributed by atoms with Gasteiger partial charge in [0.1, 0.15) is 11.6 Å². The summed E-state index contributed by atoms with van der Waals surface area (Å²) in [5.74, 6) is 1.45. The summed E-state index contributed by atoms with van der Waals surface area (Å²) in [7, 11) is 0. The van der Waals surface area contributed by atoms with E-state index in [4.69, 9.17) is 16.7 Å². The Bertz CT molecular complexity index is 909. The molecule has 0 saturated carbocycles. The number of hydrogen-bond donors (Lipinski definition) is 3. The fourth-order valence-electron chi connectivity index (χ4n) is 3.12. The minimum absolute atomic E-state index is 0.0929. The number of aromatic amines is 1. The van der Waals surface area contributed by atoms with Gasteiger partial charge in [-0.3, -0.25) is 0 Å². The molecule has 128 valence electrons. The van der Waals surface area contributed by atoms with Gasteiger partial charge in [0.2, 0.25) is 0 Å². The van der Waals surface area contributed by atoms with Gasteiger partial charge in [-0.2, -0.15) is 0 Å². The topological polar surface area (TPSA) is 94.1 Å². The number of carbonyl (C=O) groups is 1. The summed E-state index contributed by atoms with van der Waals surface area (Å²) in [5.41, 5.74) is 2.59.